The maximum absolute atomic E-state index is 11.4. The van der Waals surface area contributed by atoms with E-state index in [2.05, 4.69) is 24.2 Å². The van der Waals surface area contributed by atoms with Crippen molar-refractivity contribution in [3.05, 3.63) is 18.2 Å². The molecule has 112 valence electrons. The molecule has 1 unspecified atom stereocenters. The van der Waals surface area contributed by atoms with Gasteiger partial charge in [-0.25, -0.2) is 13.6 Å². The topological polar surface area (TPSA) is 101 Å². The minimum Gasteiger partial charge on any atom is -0.399 e. The van der Waals surface area contributed by atoms with Crippen molar-refractivity contribution in [1.29, 1.82) is 0 Å². The van der Waals surface area contributed by atoms with Gasteiger partial charge in [-0.2, -0.15) is 0 Å². The molecule has 5 N–H and O–H groups in total. The lowest BCUT2D eigenvalue weighted by molar-refractivity contribution is 0.257. The second-order valence-electron chi connectivity index (χ2n) is 5.46. The highest BCUT2D eigenvalue weighted by Gasteiger charge is 2.28. The van der Waals surface area contributed by atoms with Gasteiger partial charge in [0, 0.05) is 30.0 Å². The van der Waals surface area contributed by atoms with Crippen LogP contribution in [0.4, 0.5) is 11.4 Å². The summed E-state index contributed by atoms with van der Waals surface area (Å²) in [6.45, 7) is 2.86. The van der Waals surface area contributed by atoms with Crippen molar-refractivity contribution in [1.82, 2.24) is 4.90 Å². The van der Waals surface area contributed by atoms with E-state index in [1.54, 1.807) is 6.07 Å². The van der Waals surface area contributed by atoms with Gasteiger partial charge >= 0.3 is 0 Å². The molecule has 0 spiro atoms. The van der Waals surface area contributed by atoms with E-state index < -0.39 is 10.0 Å². The first-order valence-electron chi connectivity index (χ1n) is 6.66. The van der Waals surface area contributed by atoms with Crippen LogP contribution in [0, 0.1) is 0 Å². The van der Waals surface area contributed by atoms with E-state index in [-0.39, 0.29) is 4.90 Å². The predicted molar refractivity (Wildman–Crippen MR) is 81.0 cm³/mol. The Morgan fingerprint density at radius 1 is 1.40 bits per heavy atom. The van der Waals surface area contributed by atoms with Crippen molar-refractivity contribution in [2.75, 3.05) is 24.6 Å². The van der Waals surface area contributed by atoms with E-state index >= 15 is 0 Å². The number of hydrogen-bond donors (Lipinski definition) is 3. The Balaban J connectivity index is 2.04. The number of likely N-dealkylation sites (N-methyl/N-ethyl adjacent to an activating group) is 1. The van der Waals surface area contributed by atoms with Gasteiger partial charge in [0.25, 0.3) is 0 Å². The van der Waals surface area contributed by atoms with Gasteiger partial charge in [0.05, 0.1) is 4.90 Å². The van der Waals surface area contributed by atoms with Crippen LogP contribution in [0.3, 0.4) is 0 Å². The maximum atomic E-state index is 11.4. The molecule has 2 rings (SSSR count). The molecule has 1 fully saturated rings. The Labute approximate surface area is 120 Å². The lowest BCUT2D eigenvalue weighted by atomic mass is 10.2. The van der Waals surface area contributed by atoms with Crippen LogP contribution in [0.2, 0.25) is 0 Å². The smallest absolute Gasteiger partial charge is 0.238 e. The van der Waals surface area contributed by atoms with Crippen LogP contribution in [0.15, 0.2) is 23.1 Å². The molecular formula is C13H22N4O2S. The molecule has 0 aromatic heterocycles. The van der Waals surface area contributed by atoms with Crippen molar-refractivity contribution in [2.45, 2.75) is 36.7 Å². The summed E-state index contributed by atoms with van der Waals surface area (Å²) in [5, 5.41) is 8.35. The van der Waals surface area contributed by atoms with Crippen molar-refractivity contribution >= 4 is 21.4 Å². The summed E-state index contributed by atoms with van der Waals surface area (Å²) in [5.41, 5.74) is 6.76. The fraction of sp³-hybridized carbons (Fsp3) is 0.538. The molecule has 1 aliphatic rings. The van der Waals surface area contributed by atoms with Crippen molar-refractivity contribution < 1.29 is 8.42 Å². The highest BCUT2D eigenvalue weighted by Crippen LogP contribution is 2.27. The number of hydrogen-bond acceptors (Lipinski definition) is 5. The zero-order valence-corrected chi connectivity index (χ0v) is 12.7. The fourth-order valence-electron chi connectivity index (χ4n) is 2.14. The molecule has 7 heteroatoms. The Bertz CT molecular complexity index is 584. The number of sulfonamides is 1. The summed E-state index contributed by atoms with van der Waals surface area (Å²) in [6, 6.07) is 5.63. The third kappa shape index (κ3) is 3.84. The number of primary sulfonamides is 1. The zero-order valence-electron chi connectivity index (χ0n) is 11.8. The second kappa shape index (κ2) is 5.59. The molecule has 0 bridgehead atoms. The Morgan fingerprint density at radius 2 is 2.05 bits per heavy atom. The molecule has 1 saturated carbocycles. The van der Waals surface area contributed by atoms with Crippen LogP contribution in [0.1, 0.15) is 19.8 Å². The Morgan fingerprint density at radius 3 is 2.60 bits per heavy atom. The monoisotopic (exact) mass is 298 g/mol. The molecule has 0 heterocycles. The number of nitrogens with two attached hydrogens (primary N) is 2. The highest BCUT2D eigenvalue weighted by molar-refractivity contribution is 7.89. The van der Waals surface area contributed by atoms with Crippen LogP contribution < -0.4 is 16.2 Å². The van der Waals surface area contributed by atoms with E-state index in [9.17, 15) is 8.42 Å². The van der Waals surface area contributed by atoms with E-state index in [1.165, 1.54) is 25.0 Å². The van der Waals surface area contributed by atoms with Crippen molar-refractivity contribution in [3.8, 4) is 0 Å². The van der Waals surface area contributed by atoms with Gasteiger partial charge in [-0.1, -0.05) is 0 Å². The average molecular weight is 298 g/mol. The van der Waals surface area contributed by atoms with Gasteiger partial charge < -0.3 is 11.1 Å². The number of nitrogens with one attached hydrogen (secondary N) is 1. The van der Waals surface area contributed by atoms with Crippen molar-refractivity contribution in [3.63, 3.8) is 0 Å². The van der Waals surface area contributed by atoms with Crippen molar-refractivity contribution in [2.24, 2.45) is 5.14 Å². The lowest BCUT2D eigenvalue weighted by Crippen LogP contribution is -2.36. The van der Waals surface area contributed by atoms with Crippen LogP contribution in [0.25, 0.3) is 0 Å². The minimum atomic E-state index is -3.74. The summed E-state index contributed by atoms with van der Waals surface area (Å²) in [6.07, 6.45) is 2.52. The normalized spacial score (nSPS) is 17.2. The third-order valence-electron chi connectivity index (χ3n) is 3.68. The number of anilines is 2. The SMILES string of the molecule is CC(CNc1cc(N)cc(S(N)(=O)=O)c1)N(C)C1CC1. The van der Waals surface area contributed by atoms with Gasteiger partial charge in [0.15, 0.2) is 0 Å². The largest absolute Gasteiger partial charge is 0.399 e. The average Bonchev–Trinajstić information content (AvgIpc) is 3.17. The van der Waals surface area contributed by atoms with E-state index in [1.807, 2.05) is 0 Å². The van der Waals surface area contributed by atoms with Gasteiger partial charge in [-0.05, 0) is 45.0 Å². The number of benzene rings is 1. The molecule has 20 heavy (non-hydrogen) atoms. The molecule has 0 radical (unpaired) electrons. The van der Waals surface area contributed by atoms with Gasteiger partial charge in [-0.3, -0.25) is 4.90 Å². The highest BCUT2D eigenvalue weighted by atomic mass is 32.2. The summed E-state index contributed by atoms with van der Waals surface area (Å²) in [7, 11) is -1.63. The number of nitrogen functional groups attached to an aromatic ring is 1. The first kappa shape index (κ1) is 15.1. The summed E-state index contributed by atoms with van der Waals surface area (Å²) < 4.78 is 22.7. The maximum Gasteiger partial charge on any atom is 0.238 e. The molecule has 1 atom stereocenters. The molecule has 6 nitrogen and oxygen atoms in total. The van der Waals surface area contributed by atoms with Crippen LogP contribution >= 0.6 is 0 Å². The lowest BCUT2D eigenvalue weighted by Gasteiger charge is -2.25. The second-order valence-corrected chi connectivity index (χ2v) is 7.02. The molecule has 1 aromatic rings. The molecular weight excluding hydrogens is 276 g/mol. The zero-order chi connectivity index (χ0) is 14.9. The molecule has 1 aromatic carbocycles. The fourth-order valence-corrected chi connectivity index (χ4v) is 2.73. The van der Waals surface area contributed by atoms with Gasteiger partial charge in [0.1, 0.15) is 0 Å². The molecule has 0 amide bonds. The molecule has 1 aliphatic carbocycles. The summed E-state index contributed by atoms with van der Waals surface area (Å²) in [5.74, 6) is 0. The van der Waals surface area contributed by atoms with E-state index in [0.717, 1.165) is 6.54 Å². The van der Waals surface area contributed by atoms with E-state index in [4.69, 9.17) is 10.9 Å². The van der Waals surface area contributed by atoms with Crippen LogP contribution in [-0.4, -0.2) is 39.0 Å². The summed E-state index contributed by atoms with van der Waals surface area (Å²) >= 11 is 0. The summed E-state index contributed by atoms with van der Waals surface area (Å²) in [4.78, 5) is 2.36. The molecule has 0 saturated heterocycles. The Kier molecular flexibility index (Phi) is 4.22. The Hall–Kier alpha value is -1.31. The van der Waals surface area contributed by atoms with Gasteiger partial charge in [0.2, 0.25) is 10.0 Å². The predicted octanol–water partition coefficient (Wildman–Crippen LogP) is 0.811. The standard InChI is InChI=1S/C13H22N4O2S/c1-9(17(2)12-3-4-12)8-16-11-5-10(14)6-13(7-11)20(15,18)19/h5-7,9,12,16H,3-4,8,14H2,1-2H3,(H2,15,18,19). The van der Waals surface area contributed by atoms with Gasteiger partial charge in [-0.15, -0.1) is 0 Å². The molecule has 0 aliphatic heterocycles. The van der Waals surface area contributed by atoms with Crippen LogP contribution in [-0.2, 0) is 10.0 Å². The first-order valence-corrected chi connectivity index (χ1v) is 8.21. The number of rotatable bonds is 6. The first-order chi connectivity index (χ1) is 9.27. The minimum absolute atomic E-state index is 0.0307. The number of nitrogens with zero attached hydrogens (tertiary/aromatic N) is 1. The quantitative estimate of drug-likeness (QED) is 0.675. The van der Waals surface area contributed by atoms with Crippen LogP contribution in [0.5, 0.6) is 0 Å². The third-order valence-corrected chi connectivity index (χ3v) is 4.57. The van der Waals surface area contributed by atoms with E-state index in [0.29, 0.717) is 23.5 Å².